The highest BCUT2D eigenvalue weighted by atomic mass is 32.2. The number of fused-ring (bicyclic) bond motifs is 3. The van der Waals surface area contributed by atoms with Gasteiger partial charge in [0.15, 0.2) is 10.8 Å². The minimum atomic E-state index is -0.202. The fourth-order valence-corrected chi connectivity index (χ4v) is 3.80. The summed E-state index contributed by atoms with van der Waals surface area (Å²) in [5, 5.41) is 16.9. The third-order valence-electron chi connectivity index (χ3n) is 4.59. The Balaban J connectivity index is 1.57. The second kappa shape index (κ2) is 7.75. The third-order valence-corrected chi connectivity index (χ3v) is 5.52. The van der Waals surface area contributed by atoms with Gasteiger partial charge < -0.3 is 9.26 Å². The molecule has 1 aromatic carbocycles. The first-order chi connectivity index (χ1) is 14.0. The van der Waals surface area contributed by atoms with Gasteiger partial charge >= 0.3 is 0 Å². The van der Waals surface area contributed by atoms with Crippen LogP contribution in [0.15, 0.2) is 40.0 Å². The number of aromatic nitrogens is 4. The van der Waals surface area contributed by atoms with Gasteiger partial charge in [0.05, 0.1) is 24.1 Å². The molecule has 150 valence electrons. The molecular formula is C20H21N5O3S. The highest BCUT2D eigenvalue weighted by molar-refractivity contribution is 7.99. The Labute approximate surface area is 171 Å². The van der Waals surface area contributed by atoms with E-state index in [4.69, 9.17) is 9.26 Å². The van der Waals surface area contributed by atoms with Crippen molar-refractivity contribution in [2.45, 2.75) is 31.8 Å². The zero-order chi connectivity index (χ0) is 20.5. The molecule has 3 heterocycles. The number of carbonyl (C=O) groups excluding carboxylic acids is 1. The zero-order valence-electron chi connectivity index (χ0n) is 16.6. The number of aryl methyl sites for hydroxylation is 1. The van der Waals surface area contributed by atoms with Crippen LogP contribution >= 0.6 is 11.8 Å². The van der Waals surface area contributed by atoms with Crippen molar-refractivity contribution in [2.24, 2.45) is 0 Å². The second-order valence-corrected chi connectivity index (χ2v) is 7.94. The predicted molar refractivity (Wildman–Crippen MR) is 112 cm³/mol. The van der Waals surface area contributed by atoms with Crippen LogP contribution in [0.5, 0.6) is 5.75 Å². The van der Waals surface area contributed by atoms with Gasteiger partial charge in [0.2, 0.25) is 11.8 Å². The average molecular weight is 411 g/mol. The van der Waals surface area contributed by atoms with Crippen molar-refractivity contribution < 1.29 is 14.1 Å². The fraction of sp³-hybridized carbons (Fsp3) is 0.300. The maximum absolute atomic E-state index is 12.3. The smallest absolute Gasteiger partial charge is 0.237 e. The highest BCUT2D eigenvalue weighted by Crippen LogP contribution is 2.28. The van der Waals surface area contributed by atoms with Gasteiger partial charge in [0.25, 0.3) is 0 Å². The summed E-state index contributed by atoms with van der Waals surface area (Å²) in [4.78, 5) is 12.3. The summed E-state index contributed by atoms with van der Waals surface area (Å²) in [6.45, 7) is 6.06. The van der Waals surface area contributed by atoms with E-state index in [9.17, 15) is 4.79 Å². The van der Waals surface area contributed by atoms with E-state index in [2.05, 4.69) is 20.7 Å². The molecule has 4 rings (SSSR count). The van der Waals surface area contributed by atoms with E-state index >= 15 is 0 Å². The molecule has 0 spiro atoms. The number of ether oxygens (including phenoxy) is 1. The number of nitrogens with zero attached hydrogens (tertiary/aromatic N) is 4. The van der Waals surface area contributed by atoms with Gasteiger partial charge in [0.1, 0.15) is 5.75 Å². The molecule has 0 fully saturated rings. The Hall–Kier alpha value is -3.07. The number of methoxy groups -OCH3 is 1. The molecule has 1 N–H and O–H groups in total. The number of benzene rings is 1. The summed E-state index contributed by atoms with van der Waals surface area (Å²) >= 11 is 1.31. The van der Waals surface area contributed by atoms with Crippen molar-refractivity contribution >= 4 is 40.1 Å². The molecule has 0 aliphatic rings. The van der Waals surface area contributed by atoms with Gasteiger partial charge in [-0.3, -0.25) is 14.5 Å². The molecule has 0 aliphatic heterocycles. The molecule has 9 heteroatoms. The zero-order valence-corrected chi connectivity index (χ0v) is 17.4. The van der Waals surface area contributed by atoms with Crippen molar-refractivity contribution in [3.8, 4) is 5.75 Å². The normalized spacial score (nSPS) is 11.5. The van der Waals surface area contributed by atoms with E-state index in [1.54, 1.807) is 13.2 Å². The van der Waals surface area contributed by atoms with Crippen LogP contribution in [0.2, 0.25) is 0 Å². The van der Waals surface area contributed by atoms with Crippen LogP contribution in [0.3, 0.4) is 0 Å². The molecule has 0 unspecified atom stereocenters. The number of pyridine rings is 1. The van der Waals surface area contributed by atoms with Gasteiger partial charge in [-0.15, -0.1) is 10.2 Å². The Kier molecular flexibility index (Phi) is 5.14. The topological polar surface area (TPSA) is 94.5 Å². The van der Waals surface area contributed by atoms with E-state index in [1.165, 1.54) is 11.8 Å². The molecule has 0 radical (unpaired) electrons. The summed E-state index contributed by atoms with van der Waals surface area (Å²) in [7, 11) is 1.63. The number of nitrogens with one attached hydrogen (secondary N) is 1. The first-order valence-corrected chi connectivity index (χ1v) is 10.2. The number of carbonyl (C=O) groups is 1. The Morgan fingerprint density at radius 3 is 2.83 bits per heavy atom. The molecule has 0 saturated heterocycles. The molecule has 0 saturated carbocycles. The average Bonchev–Trinajstić information content (AvgIpc) is 3.33. The minimum Gasteiger partial charge on any atom is -0.497 e. The van der Waals surface area contributed by atoms with Crippen LogP contribution < -0.4 is 10.1 Å². The molecule has 3 aromatic heterocycles. The number of hydrogen-bond acceptors (Lipinski definition) is 7. The largest absolute Gasteiger partial charge is 0.497 e. The lowest BCUT2D eigenvalue weighted by Gasteiger charge is -2.09. The van der Waals surface area contributed by atoms with Crippen molar-refractivity contribution in [3.63, 3.8) is 0 Å². The summed E-state index contributed by atoms with van der Waals surface area (Å²) in [6.07, 6.45) is 0. The van der Waals surface area contributed by atoms with Crippen LogP contribution in [0, 0.1) is 6.92 Å². The van der Waals surface area contributed by atoms with Crippen molar-refractivity contribution in [3.05, 3.63) is 41.6 Å². The molecule has 4 aromatic rings. The Morgan fingerprint density at radius 1 is 1.28 bits per heavy atom. The lowest BCUT2D eigenvalue weighted by molar-refractivity contribution is -0.113. The van der Waals surface area contributed by atoms with Crippen LogP contribution in [-0.4, -0.2) is 38.5 Å². The number of anilines is 1. The lowest BCUT2D eigenvalue weighted by atomic mass is 10.1. The number of rotatable bonds is 6. The Morgan fingerprint density at radius 2 is 2.10 bits per heavy atom. The molecule has 0 bridgehead atoms. The van der Waals surface area contributed by atoms with E-state index in [0.717, 1.165) is 33.6 Å². The van der Waals surface area contributed by atoms with E-state index in [0.29, 0.717) is 11.0 Å². The molecule has 8 nitrogen and oxygen atoms in total. The van der Waals surface area contributed by atoms with Gasteiger partial charge in [-0.2, -0.15) is 0 Å². The van der Waals surface area contributed by atoms with E-state index in [-0.39, 0.29) is 17.6 Å². The van der Waals surface area contributed by atoms with Gasteiger partial charge in [-0.1, -0.05) is 30.8 Å². The van der Waals surface area contributed by atoms with Gasteiger partial charge in [-0.25, -0.2) is 0 Å². The molecule has 0 atom stereocenters. The minimum absolute atomic E-state index is 0.165. The standard InChI is InChI=1S/C20H21N5O3S/c1-11(2)15-9-19(28-24-15)21-18(26)10-29-20-23-22-17-7-12(3)14-6-5-13(27-4)8-16(14)25(17)20/h5-9,11H,10H2,1-4H3,(H,21,26). The van der Waals surface area contributed by atoms with Gasteiger partial charge in [0, 0.05) is 17.5 Å². The second-order valence-electron chi connectivity index (χ2n) is 6.99. The monoisotopic (exact) mass is 411 g/mol. The lowest BCUT2D eigenvalue weighted by Crippen LogP contribution is -2.13. The fourth-order valence-electron chi connectivity index (χ4n) is 3.05. The SMILES string of the molecule is COc1ccc2c(C)cc3nnc(SCC(=O)Nc4cc(C(C)C)no4)n3c2c1. The van der Waals surface area contributed by atoms with Crippen molar-refractivity contribution in [1.29, 1.82) is 0 Å². The van der Waals surface area contributed by atoms with Crippen LogP contribution in [0.4, 0.5) is 5.88 Å². The first-order valence-electron chi connectivity index (χ1n) is 9.18. The van der Waals surface area contributed by atoms with Crippen molar-refractivity contribution in [1.82, 2.24) is 19.8 Å². The molecular weight excluding hydrogens is 390 g/mol. The van der Waals surface area contributed by atoms with Crippen molar-refractivity contribution in [2.75, 3.05) is 18.2 Å². The van der Waals surface area contributed by atoms with Crippen LogP contribution in [0.1, 0.15) is 31.0 Å². The quantitative estimate of drug-likeness (QED) is 0.478. The number of amides is 1. The van der Waals surface area contributed by atoms with Crippen LogP contribution in [0.25, 0.3) is 16.6 Å². The first kappa shape index (κ1) is 19.3. The van der Waals surface area contributed by atoms with Crippen LogP contribution in [-0.2, 0) is 4.79 Å². The predicted octanol–water partition coefficient (Wildman–Crippen LogP) is 4.04. The van der Waals surface area contributed by atoms with Gasteiger partial charge in [-0.05, 0) is 36.6 Å². The maximum Gasteiger partial charge on any atom is 0.237 e. The molecule has 1 amide bonds. The number of thioether (sulfide) groups is 1. The highest BCUT2D eigenvalue weighted by Gasteiger charge is 2.15. The van der Waals surface area contributed by atoms with E-state index in [1.807, 2.05) is 49.4 Å². The Bertz CT molecular complexity index is 1200. The molecule has 29 heavy (non-hydrogen) atoms. The third kappa shape index (κ3) is 3.77. The molecule has 0 aliphatic carbocycles. The summed E-state index contributed by atoms with van der Waals surface area (Å²) in [5.41, 5.74) is 3.56. The maximum atomic E-state index is 12.3. The summed E-state index contributed by atoms with van der Waals surface area (Å²) < 4.78 is 12.5. The summed E-state index contributed by atoms with van der Waals surface area (Å²) in [6, 6.07) is 9.61. The van der Waals surface area contributed by atoms with E-state index < -0.39 is 0 Å². The number of hydrogen-bond donors (Lipinski definition) is 1. The summed E-state index contributed by atoms with van der Waals surface area (Å²) in [5.74, 6) is 1.29.